The van der Waals surface area contributed by atoms with Crippen LogP contribution in [0.1, 0.15) is 19.3 Å². The van der Waals surface area contributed by atoms with E-state index in [1.165, 1.54) is 4.68 Å². The van der Waals surface area contributed by atoms with Crippen molar-refractivity contribution in [2.24, 2.45) is 7.05 Å². The number of aromatic nitrogens is 2. The van der Waals surface area contributed by atoms with Gasteiger partial charge in [-0.2, -0.15) is 5.10 Å². The normalized spacial score (nSPS) is 16.7. The molecule has 6 nitrogen and oxygen atoms in total. The summed E-state index contributed by atoms with van der Waals surface area (Å²) in [5.41, 5.74) is 0.782. The lowest BCUT2D eigenvalue weighted by molar-refractivity contribution is 0.184. The van der Waals surface area contributed by atoms with Gasteiger partial charge >= 0.3 is 0 Å². The Labute approximate surface area is 133 Å². The zero-order valence-electron chi connectivity index (χ0n) is 12.6. The van der Waals surface area contributed by atoms with Gasteiger partial charge in [0.1, 0.15) is 4.47 Å². The molecule has 1 aliphatic heterocycles. The van der Waals surface area contributed by atoms with Gasteiger partial charge in [0.2, 0.25) is 0 Å². The third kappa shape index (κ3) is 3.84. The maximum Gasteiger partial charge on any atom is 0.282 e. The second-order valence-electron chi connectivity index (χ2n) is 5.55. The van der Waals surface area contributed by atoms with Crippen LogP contribution in [0, 0.1) is 0 Å². The van der Waals surface area contributed by atoms with E-state index in [0.29, 0.717) is 10.5 Å². The first-order valence-corrected chi connectivity index (χ1v) is 8.11. The van der Waals surface area contributed by atoms with Crippen molar-refractivity contribution in [3.8, 4) is 0 Å². The Morgan fingerprint density at radius 1 is 1.48 bits per heavy atom. The number of aliphatic hydroxyl groups is 1. The molecular weight excluding hydrogens is 336 g/mol. The number of nitrogens with zero attached hydrogens (tertiary/aromatic N) is 4. The summed E-state index contributed by atoms with van der Waals surface area (Å²) in [6.45, 7) is 3.01. The smallest absolute Gasteiger partial charge is 0.282 e. The van der Waals surface area contributed by atoms with Crippen LogP contribution in [0.4, 0.5) is 5.69 Å². The van der Waals surface area contributed by atoms with Gasteiger partial charge in [0.15, 0.2) is 0 Å². The largest absolute Gasteiger partial charge is 0.396 e. The molecule has 1 aromatic heterocycles. The molecule has 1 fully saturated rings. The molecule has 0 amide bonds. The average Bonchev–Trinajstić information content (AvgIpc) is 2.51. The second-order valence-corrected chi connectivity index (χ2v) is 6.34. The van der Waals surface area contributed by atoms with Crippen LogP contribution in [-0.2, 0) is 7.05 Å². The van der Waals surface area contributed by atoms with Crippen LogP contribution < -0.4 is 10.5 Å². The van der Waals surface area contributed by atoms with Crippen molar-refractivity contribution < 1.29 is 5.11 Å². The molecule has 0 saturated carbocycles. The zero-order chi connectivity index (χ0) is 15.4. The van der Waals surface area contributed by atoms with Gasteiger partial charge in [0, 0.05) is 39.3 Å². The van der Waals surface area contributed by atoms with Crippen LogP contribution >= 0.6 is 15.9 Å². The molecule has 118 valence electrons. The summed E-state index contributed by atoms with van der Waals surface area (Å²) in [6, 6.07) is 0.547. The third-order valence-corrected chi connectivity index (χ3v) is 4.90. The molecule has 0 bridgehead atoms. The van der Waals surface area contributed by atoms with Crippen molar-refractivity contribution in [3.63, 3.8) is 0 Å². The monoisotopic (exact) mass is 358 g/mol. The fourth-order valence-electron chi connectivity index (χ4n) is 2.77. The molecule has 0 atom stereocenters. The Hall–Kier alpha value is -0.920. The first-order valence-electron chi connectivity index (χ1n) is 7.32. The molecule has 0 spiro atoms. The maximum atomic E-state index is 11.9. The van der Waals surface area contributed by atoms with Crippen molar-refractivity contribution in [2.75, 3.05) is 38.2 Å². The van der Waals surface area contributed by atoms with Gasteiger partial charge in [-0.3, -0.25) is 4.79 Å². The quantitative estimate of drug-likeness (QED) is 0.844. The van der Waals surface area contributed by atoms with Gasteiger partial charge in [0.25, 0.3) is 5.56 Å². The molecule has 0 radical (unpaired) electrons. The molecule has 0 aliphatic carbocycles. The fraction of sp³-hybridized carbons (Fsp3) is 0.714. The predicted octanol–water partition coefficient (Wildman–Crippen LogP) is 0.826. The fourth-order valence-corrected chi connectivity index (χ4v) is 3.38. The molecular formula is C14H23BrN4O2. The summed E-state index contributed by atoms with van der Waals surface area (Å²) in [7, 11) is 3.77. The van der Waals surface area contributed by atoms with Gasteiger partial charge in [-0.05, 0) is 42.2 Å². The predicted molar refractivity (Wildman–Crippen MR) is 86.7 cm³/mol. The Balaban J connectivity index is 1.98. The molecule has 0 aromatic carbocycles. The standard InChI is InChI=1S/C14H23BrN4O2/c1-17(6-3-9-20)11-4-7-19(8-5-11)12-10-16-18(2)14(21)13(12)15/h10-11,20H,3-9H2,1-2H3. The van der Waals surface area contributed by atoms with Crippen molar-refractivity contribution in [1.29, 1.82) is 0 Å². The van der Waals surface area contributed by atoms with Crippen molar-refractivity contribution >= 4 is 21.6 Å². The van der Waals surface area contributed by atoms with E-state index in [1.54, 1.807) is 13.2 Å². The average molecular weight is 359 g/mol. The minimum absolute atomic E-state index is 0.102. The summed E-state index contributed by atoms with van der Waals surface area (Å²) in [5, 5.41) is 13.0. The highest BCUT2D eigenvalue weighted by molar-refractivity contribution is 9.10. The van der Waals surface area contributed by atoms with E-state index in [2.05, 4.69) is 37.9 Å². The first-order chi connectivity index (χ1) is 10.0. The highest BCUT2D eigenvalue weighted by Gasteiger charge is 2.24. The maximum absolute atomic E-state index is 11.9. The number of piperidine rings is 1. The number of aliphatic hydroxyl groups excluding tert-OH is 1. The van der Waals surface area contributed by atoms with E-state index in [1.807, 2.05) is 0 Å². The minimum Gasteiger partial charge on any atom is -0.396 e. The van der Waals surface area contributed by atoms with Crippen LogP contribution in [-0.4, -0.2) is 59.1 Å². The Morgan fingerprint density at radius 2 is 2.14 bits per heavy atom. The van der Waals surface area contributed by atoms with Gasteiger partial charge in [-0.25, -0.2) is 4.68 Å². The van der Waals surface area contributed by atoms with E-state index in [9.17, 15) is 4.79 Å². The summed E-state index contributed by atoms with van der Waals surface area (Å²) >= 11 is 3.39. The number of aryl methyl sites for hydroxylation is 1. The van der Waals surface area contributed by atoms with Crippen molar-refractivity contribution in [2.45, 2.75) is 25.3 Å². The number of anilines is 1. The van der Waals surface area contributed by atoms with E-state index < -0.39 is 0 Å². The van der Waals surface area contributed by atoms with Crippen LogP contribution in [0.2, 0.25) is 0 Å². The van der Waals surface area contributed by atoms with Crippen LogP contribution in [0.15, 0.2) is 15.5 Å². The van der Waals surface area contributed by atoms with Crippen LogP contribution in [0.25, 0.3) is 0 Å². The molecule has 1 aromatic rings. The summed E-state index contributed by atoms with van der Waals surface area (Å²) in [4.78, 5) is 16.5. The summed E-state index contributed by atoms with van der Waals surface area (Å²) in [6.07, 6.45) is 4.69. The van der Waals surface area contributed by atoms with Crippen molar-refractivity contribution in [3.05, 3.63) is 21.0 Å². The molecule has 7 heteroatoms. The summed E-state index contributed by atoms with van der Waals surface area (Å²) in [5.74, 6) is 0. The van der Waals surface area contributed by atoms with E-state index in [-0.39, 0.29) is 12.2 Å². The molecule has 1 saturated heterocycles. The summed E-state index contributed by atoms with van der Waals surface area (Å²) < 4.78 is 1.93. The van der Waals surface area contributed by atoms with Gasteiger partial charge in [-0.1, -0.05) is 0 Å². The third-order valence-electron chi connectivity index (χ3n) is 4.16. The molecule has 21 heavy (non-hydrogen) atoms. The Bertz CT molecular complexity index is 526. The number of rotatable bonds is 5. The van der Waals surface area contributed by atoms with Crippen LogP contribution in [0.3, 0.4) is 0 Å². The van der Waals surface area contributed by atoms with Gasteiger partial charge < -0.3 is 14.9 Å². The lowest BCUT2D eigenvalue weighted by Crippen LogP contribution is -2.44. The lowest BCUT2D eigenvalue weighted by atomic mass is 10.0. The van der Waals surface area contributed by atoms with Gasteiger partial charge in [0.05, 0.1) is 11.9 Å². The SMILES string of the molecule is CN(CCCO)C1CCN(c2cnn(C)c(=O)c2Br)CC1. The number of hydrogen-bond donors (Lipinski definition) is 1. The van der Waals surface area contributed by atoms with E-state index >= 15 is 0 Å². The highest BCUT2D eigenvalue weighted by Crippen LogP contribution is 2.26. The van der Waals surface area contributed by atoms with Gasteiger partial charge in [-0.15, -0.1) is 0 Å². The van der Waals surface area contributed by atoms with Crippen molar-refractivity contribution in [1.82, 2.24) is 14.7 Å². The van der Waals surface area contributed by atoms with E-state index in [0.717, 1.165) is 44.6 Å². The minimum atomic E-state index is -0.102. The lowest BCUT2D eigenvalue weighted by Gasteiger charge is -2.38. The molecule has 0 unspecified atom stereocenters. The molecule has 2 heterocycles. The Morgan fingerprint density at radius 3 is 2.76 bits per heavy atom. The number of halogens is 1. The molecule has 1 N–H and O–H groups in total. The molecule has 1 aliphatic rings. The highest BCUT2D eigenvalue weighted by atomic mass is 79.9. The number of hydrogen-bond acceptors (Lipinski definition) is 5. The molecule has 2 rings (SSSR count). The van der Waals surface area contributed by atoms with Crippen LogP contribution in [0.5, 0.6) is 0 Å². The van der Waals surface area contributed by atoms with E-state index in [4.69, 9.17) is 5.11 Å². The second kappa shape index (κ2) is 7.38. The Kier molecular flexibility index (Phi) is 5.78. The topological polar surface area (TPSA) is 61.6 Å². The zero-order valence-corrected chi connectivity index (χ0v) is 14.2. The first kappa shape index (κ1) is 16.5.